The maximum Gasteiger partial charge on any atom is 0.233 e. The normalized spacial score (nSPS) is 13.2. The highest BCUT2D eigenvalue weighted by molar-refractivity contribution is 8.00. The minimum atomic E-state index is -0.228. The molecule has 2 rings (SSSR count). The van der Waals surface area contributed by atoms with E-state index in [1.807, 2.05) is 56.8 Å². The van der Waals surface area contributed by atoms with Crippen LogP contribution in [0.3, 0.4) is 0 Å². The Morgan fingerprint density at radius 3 is 2.71 bits per heavy atom. The van der Waals surface area contributed by atoms with Crippen LogP contribution in [-0.4, -0.2) is 31.5 Å². The van der Waals surface area contributed by atoms with Crippen molar-refractivity contribution in [2.24, 2.45) is 7.05 Å². The Morgan fingerprint density at radius 1 is 1.43 bits per heavy atom. The molecule has 0 saturated carbocycles. The number of thioether (sulfide) groups is 1. The lowest BCUT2D eigenvalue weighted by atomic mass is 10.1. The second kappa shape index (κ2) is 6.19. The Bertz CT molecular complexity index is 613. The van der Waals surface area contributed by atoms with E-state index in [9.17, 15) is 4.79 Å². The van der Waals surface area contributed by atoms with E-state index in [1.54, 1.807) is 11.3 Å². The molecular weight excluding hydrogens is 304 g/mol. The van der Waals surface area contributed by atoms with Crippen molar-refractivity contribution in [3.8, 4) is 10.7 Å². The minimum Gasteiger partial charge on any atom is -0.351 e. The molecule has 0 radical (unpaired) electrons. The molecular formula is C14H20N4OS2. The van der Waals surface area contributed by atoms with Crippen molar-refractivity contribution >= 4 is 29.0 Å². The maximum atomic E-state index is 12.1. The van der Waals surface area contributed by atoms with E-state index < -0.39 is 0 Å². The van der Waals surface area contributed by atoms with Crippen LogP contribution in [0.4, 0.5) is 0 Å². The molecule has 1 N–H and O–H groups in total. The van der Waals surface area contributed by atoms with Crippen LogP contribution in [-0.2, 0) is 11.8 Å². The Balaban J connectivity index is 2.09. The van der Waals surface area contributed by atoms with E-state index in [0.29, 0.717) is 0 Å². The summed E-state index contributed by atoms with van der Waals surface area (Å²) in [6, 6.07) is 4.00. The SMILES string of the molecule is CC(Sc1nnc(-c2cccs2)n1C)C(=O)NC(C)(C)C. The van der Waals surface area contributed by atoms with Crippen LogP contribution >= 0.6 is 23.1 Å². The van der Waals surface area contributed by atoms with E-state index in [-0.39, 0.29) is 16.7 Å². The number of nitrogens with one attached hydrogen (secondary N) is 1. The lowest BCUT2D eigenvalue weighted by Gasteiger charge is -2.22. The highest BCUT2D eigenvalue weighted by Crippen LogP contribution is 2.28. The van der Waals surface area contributed by atoms with Crippen molar-refractivity contribution < 1.29 is 4.79 Å². The van der Waals surface area contributed by atoms with Crippen LogP contribution in [0.15, 0.2) is 22.7 Å². The standard InChI is InChI=1S/C14H20N4OS2/c1-9(12(19)15-14(2,3)4)21-13-17-16-11(18(13)5)10-7-6-8-20-10/h6-9H,1-5H3,(H,15,19). The second-order valence-corrected chi connectivity index (χ2v) is 8.10. The van der Waals surface area contributed by atoms with Gasteiger partial charge in [-0.1, -0.05) is 17.8 Å². The van der Waals surface area contributed by atoms with Crippen molar-refractivity contribution in [2.75, 3.05) is 0 Å². The minimum absolute atomic E-state index is 0.00757. The molecule has 2 aromatic heterocycles. The third kappa shape index (κ3) is 4.07. The first-order valence-electron chi connectivity index (χ1n) is 6.70. The fraction of sp³-hybridized carbons (Fsp3) is 0.500. The Morgan fingerprint density at radius 2 is 2.14 bits per heavy atom. The summed E-state index contributed by atoms with van der Waals surface area (Å²) in [5.74, 6) is 0.837. The lowest BCUT2D eigenvalue weighted by Crippen LogP contribution is -2.44. The van der Waals surface area contributed by atoms with Crippen LogP contribution in [0.1, 0.15) is 27.7 Å². The highest BCUT2D eigenvalue weighted by Gasteiger charge is 2.22. The van der Waals surface area contributed by atoms with Crippen molar-refractivity contribution in [3.63, 3.8) is 0 Å². The monoisotopic (exact) mass is 324 g/mol. The molecule has 21 heavy (non-hydrogen) atoms. The molecule has 0 spiro atoms. The van der Waals surface area contributed by atoms with Crippen molar-refractivity contribution in [2.45, 2.75) is 43.6 Å². The Labute approximate surface area is 133 Å². The largest absolute Gasteiger partial charge is 0.351 e. The first-order chi connectivity index (χ1) is 9.78. The molecule has 2 aromatic rings. The van der Waals surface area contributed by atoms with Gasteiger partial charge in [-0.15, -0.1) is 21.5 Å². The molecule has 114 valence electrons. The van der Waals surface area contributed by atoms with Gasteiger partial charge in [0.1, 0.15) is 0 Å². The van der Waals surface area contributed by atoms with Crippen LogP contribution in [0.2, 0.25) is 0 Å². The van der Waals surface area contributed by atoms with Crippen LogP contribution in [0.25, 0.3) is 10.7 Å². The predicted octanol–water partition coefficient (Wildman–Crippen LogP) is 2.94. The quantitative estimate of drug-likeness (QED) is 0.879. The van der Waals surface area contributed by atoms with Gasteiger partial charge in [0, 0.05) is 12.6 Å². The molecule has 0 aliphatic rings. The molecule has 0 fully saturated rings. The number of carbonyl (C=O) groups is 1. The number of nitrogens with zero attached hydrogens (tertiary/aromatic N) is 3. The van der Waals surface area contributed by atoms with Gasteiger partial charge >= 0.3 is 0 Å². The number of hydrogen-bond acceptors (Lipinski definition) is 5. The molecule has 1 atom stereocenters. The summed E-state index contributed by atoms with van der Waals surface area (Å²) in [4.78, 5) is 13.2. The summed E-state index contributed by atoms with van der Waals surface area (Å²) in [6.45, 7) is 7.80. The average Bonchev–Trinajstić information content (AvgIpc) is 2.98. The fourth-order valence-electron chi connectivity index (χ4n) is 1.72. The van der Waals surface area contributed by atoms with Gasteiger partial charge in [0.2, 0.25) is 5.91 Å². The van der Waals surface area contributed by atoms with Gasteiger partial charge in [-0.25, -0.2) is 0 Å². The average molecular weight is 324 g/mol. The predicted molar refractivity (Wildman–Crippen MR) is 87.5 cm³/mol. The third-order valence-electron chi connectivity index (χ3n) is 2.73. The number of rotatable bonds is 4. The van der Waals surface area contributed by atoms with E-state index >= 15 is 0 Å². The van der Waals surface area contributed by atoms with E-state index in [2.05, 4.69) is 15.5 Å². The van der Waals surface area contributed by atoms with Gasteiger partial charge in [-0.2, -0.15) is 0 Å². The van der Waals surface area contributed by atoms with Crippen LogP contribution in [0.5, 0.6) is 0 Å². The maximum absolute atomic E-state index is 12.1. The van der Waals surface area contributed by atoms with Gasteiger partial charge in [0.15, 0.2) is 11.0 Å². The molecule has 0 aromatic carbocycles. The second-order valence-electron chi connectivity index (χ2n) is 5.84. The van der Waals surface area contributed by atoms with Gasteiger partial charge in [0.05, 0.1) is 10.1 Å². The summed E-state index contributed by atoms with van der Waals surface area (Å²) in [5.41, 5.74) is -0.228. The summed E-state index contributed by atoms with van der Waals surface area (Å²) in [5, 5.41) is 13.9. The number of amides is 1. The van der Waals surface area contributed by atoms with Crippen LogP contribution < -0.4 is 5.32 Å². The molecule has 2 heterocycles. The molecule has 5 nitrogen and oxygen atoms in total. The molecule has 1 unspecified atom stereocenters. The summed E-state index contributed by atoms with van der Waals surface area (Å²) < 4.78 is 1.93. The van der Waals surface area contributed by atoms with Crippen LogP contribution in [0, 0.1) is 0 Å². The molecule has 0 aliphatic heterocycles. The molecule has 7 heteroatoms. The molecule has 1 amide bonds. The van der Waals surface area contributed by atoms with E-state index in [0.717, 1.165) is 15.9 Å². The first-order valence-corrected chi connectivity index (χ1v) is 8.46. The zero-order valence-corrected chi connectivity index (χ0v) is 14.5. The Hall–Kier alpha value is -1.34. The van der Waals surface area contributed by atoms with Gasteiger partial charge in [-0.05, 0) is 39.1 Å². The summed E-state index contributed by atoms with van der Waals surface area (Å²) in [6.07, 6.45) is 0. The van der Waals surface area contributed by atoms with Crippen molar-refractivity contribution in [1.29, 1.82) is 0 Å². The lowest BCUT2D eigenvalue weighted by molar-refractivity contribution is -0.121. The van der Waals surface area contributed by atoms with Crippen molar-refractivity contribution in [3.05, 3.63) is 17.5 Å². The number of aromatic nitrogens is 3. The van der Waals surface area contributed by atoms with Gasteiger partial charge in [0.25, 0.3) is 0 Å². The number of hydrogen-bond donors (Lipinski definition) is 1. The fourth-order valence-corrected chi connectivity index (χ4v) is 3.28. The number of carbonyl (C=O) groups excluding carboxylic acids is 1. The topological polar surface area (TPSA) is 59.8 Å². The smallest absolute Gasteiger partial charge is 0.233 e. The van der Waals surface area contributed by atoms with Crippen molar-refractivity contribution in [1.82, 2.24) is 20.1 Å². The first kappa shape index (κ1) is 16.0. The van der Waals surface area contributed by atoms with E-state index in [1.165, 1.54) is 11.8 Å². The summed E-state index contributed by atoms with van der Waals surface area (Å²) in [7, 11) is 1.92. The molecule has 0 saturated heterocycles. The van der Waals surface area contributed by atoms with E-state index in [4.69, 9.17) is 0 Å². The Kier molecular flexibility index (Phi) is 4.73. The van der Waals surface area contributed by atoms with Gasteiger partial charge < -0.3 is 9.88 Å². The zero-order valence-electron chi connectivity index (χ0n) is 12.9. The number of thiophene rings is 1. The van der Waals surface area contributed by atoms with Gasteiger partial charge in [-0.3, -0.25) is 4.79 Å². The molecule has 0 aliphatic carbocycles. The summed E-state index contributed by atoms with van der Waals surface area (Å²) >= 11 is 3.04. The molecule has 0 bridgehead atoms. The highest BCUT2D eigenvalue weighted by atomic mass is 32.2. The zero-order chi connectivity index (χ0) is 15.6. The third-order valence-corrected chi connectivity index (χ3v) is 4.73.